The fraction of sp³-hybridized carbons (Fsp3) is 0.588. The Balaban J connectivity index is 1.84. The largest absolute Gasteiger partial charge is 0.434 e. The summed E-state index contributed by atoms with van der Waals surface area (Å²) >= 11 is 5.95. The van der Waals surface area contributed by atoms with Crippen LogP contribution >= 0.6 is 11.6 Å². The number of aliphatic imine (C=N–C) groups is 1. The van der Waals surface area contributed by atoms with Gasteiger partial charge in [0.15, 0.2) is 5.96 Å². The molecule has 5 nitrogen and oxygen atoms in total. The van der Waals surface area contributed by atoms with Crippen molar-refractivity contribution in [2.24, 2.45) is 4.99 Å². The van der Waals surface area contributed by atoms with Crippen molar-refractivity contribution in [2.75, 3.05) is 26.7 Å². The molecule has 0 aliphatic heterocycles. The van der Waals surface area contributed by atoms with Gasteiger partial charge in [-0.3, -0.25) is 9.89 Å². The second-order valence-electron chi connectivity index (χ2n) is 5.84. The Morgan fingerprint density at radius 3 is 2.76 bits per heavy atom. The van der Waals surface area contributed by atoms with Crippen LogP contribution in [0.4, 0.5) is 8.78 Å². The third-order valence-corrected chi connectivity index (χ3v) is 4.30. The molecule has 0 radical (unpaired) electrons. The van der Waals surface area contributed by atoms with E-state index in [0.29, 0.717) is 16.5 Å². The molecule has 140 valence electrons. The summed E-state index contributed by atoms with van der Waals surface area (Å²) in [5.41, 5.74) is 0.545. The molecule has 1 aliphatic carbocycles. The van der Waals surface area contributed by atoms with Crippen LogP contribution < -0.4 is 15.4 Å². The molecule has 0 spiro atoms. The smallest absolute Gasteiger partial charge is 0.387 e. The lowest BCUT2D eigenvalue weighted by atomic mass is 10.2. The Morgan fingerprint density at radius 1 is 1.40 bits per heavy atom. The van der Waals surface area contributed by atoms with Gasteiger partial charge < -0.3 is 15.4 Å². The van der Waals surface area contributed by atoms with Crippen LogP contribution in [-0.4, -0.2) is 50.2 Å². The standard InChI is InChI=1S/C17H25ClF2N4O/c1-3-24(14-5-6-14)9-8-22-17(21-2)23-11-12-10-13(18)4-7-15(12)25-16(19)20/h4,7,10,14,16H,3,5-6,8-9,11H2,1-2H3,(H2,21,22,23). The van der Waals surface area contributed by atoms with Crippen LogP contribution in [0.3, 0.4) is 0 Å². The van der Waals surface area contributed by atoms with Crippen LogP contribution in [0, 0.1) is 0 Å². The number of ether oxygens (including phenoxy) is 1. The molecule has 1 aliphatic rings. The zero-order valence-corrected chi connectivity index (χ0v) is 15.3. The Bertz CT molecular complexity index is 582. The van der Waals surface area contributed by atoms with Gasteiger partial charge in [-0.05, 0) is 37.6 Å². The summed E-state index contributed by atoms with van der Waals surface area (Å²) < 4.78 is 29.5. The Labute approximate surface area is 152 Å². The molecule has 0 saturated heterocycles. The van der Waals surface area contributed by atoms with Crippen molar-refractivity contribution in [1.82, 2.24) is 15.5 Å². The number of alkyl halides is 2. The lowest BCUT2D eigenvalue weighted by Gasteiger charge is -2.21. The second kappa shape index (κ2) is 9.77. The van der Waals surface area contributed by atoms with Gasteiger partial charge in [0, 0.05) is 43.3 Å². The number of hydrogen-bond donors (Lipinski definition) is 2. The van der Waals surface area contributed by atoms with Crippen molar-refractivity contribution in [3.05, 3.63) is 28.8 Å². The molecule has 2 rings (SSSR count). The predicted molar refractivity (Wildman–Crippen MR) is 96.6 cm³/mol. The number of guanidine groups is 1. The highest BCUT2D eigenvalue weighted by atomic mass is 35.5. The Hall–Kier alpha value is -1.60. The summed E-state index contributed by atoms with van der Waals surface area (Å²) in [6, 6.07) is 5.29. The van der Waals surface area contributed by atoms with Gasteiger partial charge in [0.05, 0.1) is 0 Å². The molecule has 1 fully saturated rings. The third-order valence-electron chi connectivity index (χ3n) is 4.07. The number of nitrogens with one attached hydrogen (secondary N) is 2. The van der Waals surface area contributed by atoms with Crippen molar-refractivity contribution in [1.29, 1.82) is 0 Å². The normalized spacial score (nSPS) is 14.9. The van der Waals surface area contributed by atoms with Crippen LogP contribution in [0.5, 0.6) is 5.75 Å². The average Bonchev–Trinajstić information content (AvgIpc) is 3.41. The van der Waals surface area contributed by atoms with E-state index in [1.807, 2.05) is 0 Å². The highest BCUT2D eigenvalue weighted by molar-refractivity contribution is 6.30. The third kappa shape index (κ3) is 6.66. The van der Waals surface area contributed by atoms with E-state index in [4.69, 9.17) is 11.6 Å². The molecule has 0 unspecified atom stereocenters. The van der Waals surface area contributed by atoms with Crippen molar-refractivity contribution in [3.8, 4) is 5.75 Å². The van der Waals surface area contributed by atoms with E-state index >= 15 is 0 Å². The number of halogens is 3. The molecule has 0 heterocycles. The summed E-state index contributed by atoms with van der Waals surface area (Å²) in [7, 11) is 1.67. The second-order valence-corrected chi connectivity index (χ2v) is 6.28. The molecule has 0 bridgehead atoms. The van der Waals surface area contributed by atoms with Crippen LogP contribution in [0.15, 0.2) is 23.2 Å². The van der Waals surface area contributed by atoms with Crippen molar-refractivity contribution in [3.63, 3.8) is 0 Å². The van der Waals surface area contributed by atoms with Crippen molar-refractivity contribution < 1.29 is 13.5 Å². The van der Waals surface area contributed by atoms with E-state index in [0.717, 1.165) is 25.7 Å². The van der Waals surface area contributed by atoms with E-state index in [-0.39, 0.29) is 12.3 Å². The maximum Gasteiger partial charge on any atom is 0.387 e. The number of likely N-dealkylation sites (N-methyl/N-ethyl adjacent to an activating group) is 1. The average molecular weight is 375 g/mol. The first-order valence-electron chi connectivity index (χ1n) is 8.45. The number of hydrogen-bond acceptors (Lipinski definition) is 3. The van der Waals surface area contributed by atoms with Gasteiger partial charge in [-0.25, -0.2) is 0 Å². The Morgan fingerprint density at radius 2 is 2.16 bits per heavy atom. The fourth-order valence-corrected chi connectivity index (χ4v) is 2.85. The maximum atomic E-state index is 12.5. The van der Waals surface area contributed by atoms with Crippen molar-refractivity contribution in [2.45, 2.75) is 39.0 Å². The molecule has 1 saturated carbocycles. The highest BCUT2D eigenvalue weighted by Crippen LogP contribution is 2.26. The van der Waals surface area contributed by atoms with Gasteiger partial charge in [0.1, 0.15) is 5.75 Å². The van der Waals surface area contributed by atoms with Gasteiger partial charge in [-0.2, -0.15) is 8.78 Å². The maximum absolute atomic E-state index is 12.5. The van der Waals surface area contributed by atoms with Gasteiger partial charge in [0.2, 0.25) is 0 Å². The molecular formula is C17H25ClF2N4O. The van der Waals surface area contributed by atoms with E-state index < -0.39 is 6.61 Å². The first-order chi connectivity index (χ1) is 12.0. The molecule has 0 atom stereocenters. The minimum atomic E-state index is -2.88. The summed E-state index contributed by atoms with van der Waals surface area (Å²) in [6.07, 6.45) is 2.56. The van der Waals surface area contributed by atoms with Crippen molar-refractivity contribution >= 4 is 17.6 Å². The monoisotopic (exact) mass is 374 g/mol. The summed E-state index contributed by atoms with van der Waals surface area (Å²) in [5, 5.41) is 6.80. The molecular weight excluding hydrogens is 350 g/mol. The molecule has 8 heteroatoms. The number of nitrogens with zero attached hydrogens (tertiary/aromatic N) is 2. The van der Waals surface area contributed by atoms with Crippen LogP contribution in [0.1, 0.15) is 25.3 Å². The molecule has 0 aromatic heterocycles. The number of benzene rings is 1. The van der Waals surface area contributed by atoms with Crippen LogP contribution in [-0.2, 0) is 6.54 Å². The molecule has 1 aromatic rings. The lowest BCUT2D eigenvalue weighted by molar-refractivity contribution is -0.0504. The molecule has 25 heavy (non-hydrogen) atoms. The highest BCUT2D eigenvalue weighted by Gasteiger charge is 2.27. The first-order valence-corrected chi connectivity index (χ1v) is 8.83. The minimum Gasteiger partial charge on any atom is -0.434 e. The first kappa shape index (κ1) is 19.7. The van der Waals surface area contributed by atoms with Gasteiger partial charge >= 0.3 is 6.61 Å². The zero-order chi connectivity index (χ0) is 18.2. The number of rotatable bonds is 9. The topological polar surface area (TPSA) is 48.9 Å². The SMILES string of the molecule is CCN(CCNC(=NC)NCc1cc(Cl)ccc1OC(F)F)C1CC1. The summed E-state index contributed by atoms with van der Waals surface area (Å²) in [6.45, 7) is 2.31. The molecule has 2 N–H and O–H groups in total. The van der Waals surface area contributed by atoms with E-state index in [9.17, 15) is 8.78 Å². The van der Waals surface area contributed by atoms with E-state index in [1.165, 1.54) is 25.0 Å². The van der Waals surface area contributed by atoms with Crippen LogP contribution in [0.25, 0.3) is 0 Å². The van der Waals surface area contributed by atoms with Gasteiger partial charge in [-0.15, -0.1) is 0 Å². The lowest BCUT2D eigenvalue weighted by Crippen LogP contribution is -2.41. The summed E-state index contributed by atoms with van der Waals surface area (Å²) in [5.74, 6) is 0.711. The van der Waals surface area contributed by atoms with Crippen LogP contribution in [0.2, 0.25) is 5.02 Å². The zero-order valence-electron chi connectivity index (χ0n) is 14.6. The van der Waals surface area contributed by atoms with Gasteiger partial charge in [-0.1, -0.05) is 18.5 Å². The fourth-order valence-electron chi connectivity index (χ4n) is 2.65. The summed E-state index contributed by atoms with van der Waals surface area (Å²) in [4.78, 5) is 6.59. The van der Waals surface area contributed by atoms with E-state index in [1.54, 1.807) is 13.1 Å². The molecule has 1 aromatic carbocycles. The van der Waals surface area contributed by atoms with Gasteiger partial charge in [0.25, 0.3) is 0 Å². The quantitative estimate of drug-likeness (QED) is 0.515. The molecule has 0 amide bonds. The Kier molecular flexibility index (Phi) is 7.71. The predicted octanol–water partition coefficient (Wildman–Crippen LogP) is 3.09. The van der Waals surface area contributed by atoms with E-state index in [2.05, 4.69) is 32.2 Å². The minimum absolute atomic E-state index is 0.105.